The van der Waals surface area contributed by atoms with Crippen LogP contribution in [0.25, 0.3) is 5.65 Å². The Kier molecular flexibility index (Phi) is 4.19. The van der Waals surface area contributed by atoms with Gasteiger partial charge < -0.3 is 19.7 Å². The van der Waals surface area contributed by atoms with Crippen LogP contribution in [0.2, 0.25) is 0 Å². The number of piperidine rings is 1. The monoisotopic (exact) mass is 380 g/mol. The molecule has 4 heterocycles. The summed E-state index contributed by atoms with van der Waals surface area (Å²) in [6.45, 7) is 2.63. The molecule has 1 aromatic carbocycles. The Morgan fingerprint density at radius 3 is 2.75 bits per heavy atom. The van der Waals surface area contributed by atoms with Crippen LogP contribution in [0.1, 0.15) is 12.8 Å². The van der Waals surface area contributed by atoms with Crippen LogP contribution >= 0.6 is 0 Å². The second-order valence-corrected chi connectivity index (χ2v) is 6.93. The molecular weight excluding hydrogens is 360 g/mol. The van der Waals surface area contributed by atoms with Gasteiger partial charge in [-0.1, -0.05) is 0 Å². The van der Waals surface area contributed by atoms with Crippen molar-refractivity contribution in [2.45, 2.75) is 12.8 Å². The molecule has 2 aliphatic rings. The van der Waals surface area contributed by atoms with E-state index in [1.54, 1.807) is 10.8 Å². The van der Waals surface area contributed by atoms with Crippen LogP contribution in [0.5, 0.6) is 11.5 Å². The molecule has 1 fully saturated rings. The number of carbonyl (C=O) groups excluding carboxylic acids is 1. The molecule has 5 rings (SSSR count). The molecular formula is C19H20N6O3. The number of aromatic nitrogens is 4. The number of benzene rings is 1. The minimum absolute atomic E-state index is 0.0249. The fourth-order valence-electron chi connectivity index (χ4n) is 3.62. The minimum Gasteiger partial charge on any atom is -0.486 e. The van der Waals surface area contributed by atoms with Crippen molar-refractivity contribution in [2.75, 3.05) is 36.5 Å². The van der Waals surface area contributed by atoms with Gasteiger partial charge in [0, 0.05) is 30.8 Å². The van der Waals surface area contributed by atoms with Crippen LogP contribution in [0, 0.1) is 5.92 Å². The van der Waals surface area contributed by atoms with Crippen LogP contribution in [-0.4, -0.2) is 52.0 Å². The summed E-state index contributed by atoms with van der Waals surface area (Å²) in [5.41, 5.74) is 1.45. The molecule has 0 unspecified atom stereocenters. The summed E-state index contributed by atoms with van der Waals surface area (Å²) in [4.78, 5) is 14.9. The van der Waals surface area contributed by atoms with Gasteiger partial charge in [-0.15, -0.1) is 15.3 Å². The van der Waals surface area contributed by atoms with Crippen LogP contribution in [0.15, 0.2) is 36.7 Å². The van der Waals surface area contributed by atoms with E-state index in [0.29, 0.717) is 19.0 Å². The number of anilines is 2. The number of amides is 1. The van der Waals surface area contributed by atoms with Crippen molar-refractivity contribution in [3.05, 3.63) is 36.7 Å². The van der Waals surface area contributed by atoms with Gasteiger partial charge >= 0.3 is 0 Å². The van der Waals surface area contributed by atoms with Crippen LogP contribution < -0.4 is 19.7 Å². The van der Waals surface area contributed by atoms with Gasteiger partial charge in [0.1, 0.15) is 25.4 Å². The number of nitrogens with one attached hydrogen (secondary N) is 1. The maximum Gasteiger partial charge on any atom is 0.227 e. The smallest absolute Gasteiger partial charge is 0.227 e. The standard InChI is InChI=1S/C19H20N6O3/c26-19(21-14-1-2-15-16(11-14)28-10-9-27-15)13-5-7-24(8-6-13)18-4-3-17-22-20-12-25(17)23-18/h1-4,11-13H,5-10H2,(H,21,26). The third-order valence-corrected chi connectivity index (χ3v) is 5.15. The summed E-state index contributed by atoms with van der Waals surface area (Å²) in [5.74, 6) is 2.28. The van der Waals surface area contributed by atoms with Crippen molar-refractivity contribution >= 4 is 23.1 Å². The lowest BCUT2D eigenvalue weighted by molar-refractivity contribution is -0.120. The second kappa shape index (κ2) is 6.99. The first kappa shape index (κ1) is 16.8. The van der Waals surface area contributed by atoms with Crippen molar-refractivity contribution in [1.82, 2.24) is 19.8 Å². The van der Waals surface area contributed by atoms with Gasteiger partial charge in [0.25, 0.3) is 0 Å². The van der Waals surface area contributed by atoms with Gasteiger partial charge in [0.05, 0.1) is 0 Å². The van der Waals surface area contributed by atoms with E-state index in [9.17, 15) is 4.79 Å². The van der Waals surface area contributed by atoms with Crippen molar-refractivity contribution in [3.63, 3.8) is 0 Å². The number of ether oxygens (including phenoxy) is 2. The van der Waals surface area contributed by atoms with Crippen molar-refractivity contribution in [1.29, 1.82) is 0 Å². The zero-order chi connectivity index (χ0) is 18.9. The summed E-state index contributed by atoms with van der Waals surface area (Å²) in [6.07, 6.45) is 3.14. The van der Waals surface area contributed by atoms with Crippen LogP contribution in [0.3, 0.4) is 0 Å². The van der Waals surface area contributed by atoms with Gasteiger partial charge in [0.15, 0.2) is 17.1 Å². The number of fused-ring (bicyclic) bond motifs is 2. The fourth-order valence-corrected chi connectivity index (χ4v) is 3.62. The molecule has 144 valence electrons. The zero-order valence-corrected chi connectivity index (χ0v) is 15.2. The lowest BCUT2D eigenvalue weighted by Gasteiger charge is -2.32. The molecule has 1 saturated heterocycles. The third kappa shape index (κ3) is 3.19. The molecule has 9 heteroatoms. The van der Waals surface area contributed by atoms with Crippen molar-refractivity contribution in [2.24, 2.45) is 5.92 Å². The molecule has 9 nitrogen and oxygen atoms in total. The normalized spacial score (nSPS) is 16.9. The predicted molar refractivity (Wildman–Crippen MR) is 102 cm³/mol. The van der Waals surface area contributed by atoms with Gasteiger partial charge in [-0.2, -0.15) is 4.52 Å². The second-order valence-electron chi connectivity index (χ2n) is 6.93. The molecule has 1 N–H and O–H groups in total. The van der Waals surface area contributed by atoms with E-state index in [1.807, 2.05) is 30.3 Å². The van der Waals surface area contributed by atoms with E-state index in [-0.39, 0.29) is 11.8 Å². The lowest BCUT2D eigenvalue weighted by Crippen LogP contribution is -2.38. The summed E-state index contributed by atoms with van der Waals surface area (Å²) in [7, 11) is 0. The van der Waals surface area contributed by atoms with Crippen LogP contribution in [0.4, 0.5) is 11.5 Å². The van der Waals surface area contributed by atoms with E-state index in [1.165, 1.54) is 0 Å². The molecule has 0 saturated carbocycles. The number of carbonyl (C=O) groups is 1. The van der Waals surface area contributed by atoms with E-state index in [4.69, 9.17) is 9.47 Å². The summed E-state index contributed by atoms with van der Waals surface area (Å²) in [5, 5.41) is 15.4. The highest BCUT2D eigenvalue weighted by atomic mass is 16.6. The SMILES string of the molecule is O=C(Nc1ccc2c(c1)OCCO2)C1CCN(c2ccc3nncn3n2)CC1. The molecule has 0 bridgehead atoms. The fraction of sp³-hybridized carbons (Fsp3) is 0.368. The summed E-state index contributed by atoms with van der Waals surface area (Å²) < 4.78 is 12.8. The Morgan fingerprint density at radius 2 is 1.89 bits per heavy atom. The highest BCUT2D eigenvalue weighted by Crippen LogP contribution is 2.33. The molecule has 3 aromatic rings. The van der Waals surface area contributed by atoms with Crippen LogP contribution in [-0.2, 0) is 4.79 Å². The van der Waals surface area contributed by atoms with Gasteiger partial charge in [0.2, 0.25) is 5.91 Å². The third-order valence-electron chi connectivity index (χ3n) is 5.15. The van der Waals surface area contributed by atoms with Gasteiger partial charge in [-0.05, 0) is 37.1 Å². The topological polar surface area (TPSA) is 93.9 Å². The first-order valence-electron chi connectivity index (χ1n) is 9.39. The molecule has 0 aliphatic carbocycles. The molecule has 28 heavy (non-hydrogen) atoms. The highest BCUT2D eigenvalue weighted by Gasteiger charge is 2.26. The molecule has 2 aliphatic heterocycles. The number of rotatable bonds is 3. The van der Waals surface area contributed by atoms with E-state index in [2.05, 4.69) is 25.5 Å². The molecule has 2 aromatic heterocycles. The predicted octanol–water partition coefficient (Wildman–Crippen LogP) is 1.75. The average Bonchev–Trinajstić information content (AvgIpc) is 3.21. The summed E-state index contributed by atoms with van der Waals surface area (Å²) in [6, 6.07) is 9.34. The molecule has 0 atom stereocenters. The first-order chi connectivity index (χ1) is 13.8. The van der Waals surface area contributed by atoms with Gasteiger partial charge in [-0.25, -0.2) is 0 Å². The summed E-state index contributed by atoms with van der Waals surface area (Å²) >= 11 is 0. The Hall–Kier alpha value is -3.36. The quantitative estimate of drug-likeness (QED) is 0.740. The van der Waals surface area contributed by atoms with E-state index >= 15 is 0 Å². The Labute approximate surface area is 161 Å². The Balaban J connectivity index is 1.21. The first-order valence-corrected chi connectivity index (χ1v) is 9.39. The zero-order valence-electron chi connectivity index (χ0n) is 15.2. The Bertz CT molecular complexity index is 1010. The maximum atomic E-state index is 12.7. The van der Waals surface area contributed by atoms with Crippen molar-refractivity contribution < 1.29 is 14.3 Å². The number of hydrogen-bond donors (Lipinski definition) is 1. The Morgan fingerprint density at radius 1 is 1.07 bits per heavy atom. The molecule has 0 radical (unpaired) electrons. The molecule has 1 amide bonds. The molecule has 0 spiro atoms. The maximum absolute atomic E-state index is 12.7. The van der Waals surface area contributed by atoms with Gasteiger partial charge in [-0.3, -0.25) is 4.79 Å². The lowest BCUT2D eigenvalue weighted by atomic mass is 9.96. The van der Waals surface area contributed by atoms with Crippen molar-refractivity contribution in [3.8, 4) is 11.5 Å². The average molecular weight is 380 g/mol. The number of hydrogen-bond acceptors (Lipinski definition) is 7. The largest absolute Gasteiger partial charge is 0.486 e. The minimum atomic E-state index is -0.0249. The van der Waals surface area contributed by atoms with E-state index < -0.39 is 0 Å². The number of nitrogens with zero attached hydrogens (tertiary/aromatic N) is 5. The van der Waals surface area contributed by atoms with E-state index in [0.717, 1.165) is 48.8 Å². The highest BCUT2D eigenvalue weighted by molar-refractivity contribution is 5.93.